The number of anilines is 3. The van der Waals surface area contributed by atoms with E-state index in [1.54, 1.807) is 36.4 Å². The number of nitrogens with one attached hydrogen (secondary N) is 3. The van der Waals surface area contributed by atoms with Crippen LogP contribution in [0.15, 0.2) is 78.9 Å². The molecule has 1 atom stereocenters. The highest BCUT2D eigenvalue weighted by Crippen LogP contribution is 2.19. The second kappa shape index (κ2) is 10.4. The van der Waals surface area contributed by atoms with Crippen LogP contribution >= 0.6 is 11.6 Å². The average Bonchev–Trinajstić information content (AvgIpc) is 2.78. The van der Waals surface area contributed by atoms with E-state index in [4.69, 9.17) is 11.6 Å². The van der Waals surface area contributed by atoms with Gasteiger partial charge in [-0.3, -0.25) is 9.59 Å². The first-order valence-corrected chi connectivity index (χ1v) is 9.94. The summed E-state index contributed by atoms with van der Waals surface area (Å²) in [7, 11) is 0. The Balaban J connectivity index is 1.85. The summed E-state index contributed by atoms with van der Waals surface area (Å²) in [5, 5.41) is 18.3. The number of amides is 2. The minimum atomic E-state index is -0.755. The molecule has 0 aliphatic rings. The molecule has 0 aromatic heterocycles. The molecule has 0 radical (unpaired) electrons. The zero-order valence-electron chi connectivity index (χ0n) is 16.1. The van der Waals surface area contributed by atoms with E-state index in [9.17, 15) is 14.7 Å². The lowest BCUT2D eigenvalue weighted by Gasteiger charge is -2.14. The summed E-state index contributed by atoms with van der Waals surface area (Å²) in [6.07, 6.45) is -0.755. The Bertz CT molecular complexity index is 925. The fraction of sp³-hybridized carbons (Fsp3) is 0.130. The molecule has 4 N–H and O–H groups in total. The smallest absolute Gasteiger partial charge is 0.255 e. The topological polar surface area (TPSA) is 90.5 Å². The number of aliphatic hydroxyl groups is 1. The van der Waals surface area contributed by atoms with Crippen LogP contribution in [0.1, 0.15) is 20.7 Å². The number of aliphatic hydroxyl groups excluding tert-OH is 1. The Kier molecular flexibility index (Phi) is 7.43. The van der Waals surface area contributed by atoms with Crippen molar-refractivity contribution in [3.05, 3.63) is 90.0 Å². The van der Waals surface area contributed by atoms with E-state index in [0.717, 1.165) is 0 Å². The molecule has 30 heavy (non-hydrogen) atoms. The van der Waals surface area contributed by atoms with Gasteiger partial charge in [-0.2, -0.15) is 0 Å². The maximum atomic E-state index is 12.8. The molecule has 3 rings (SSSR count). The number of hydrogen-bond acceptors (Lipinski definition) is 4. The van der Waals surface area contributed by atoms with Gasteiger partial charge in [-0.05, 0) is 42.5 Å². The van der Waals surface area contributed by atoms with Crippen molar-refractivity contribution >= 4 is 40.5 Å². The first-order chi connectivity index (χ1) is 14.5. The van der Waals surface area contributed by atoms with Crippen molar-refractivity contribution in [2.75, 3.05) is 28.4 Å². The van der Waals surface area contributed by atoms with Crippen LogP contribution in [0, 0.1) is 0 Å². The Hall–Kier alpha value is -3.35. The van der Waals surface area contributed by atoms with Gasteiger partial charge in [0.05, 0.1) is 12.0 Å². The summed E-state index contributed by atoms with van der Waals surface area (Å²) in [4.78, 5) is 25.5. The minimum Gasteiger partial charge on any atom is -0.390 e. The fourth-order valence-electron chi connectivity index (χ4n) is 2.73. The number of benzene rings is 3. The molecule has 0 fully saturated rings. The molecule has 0 spiro atoms. The summed E-state index contributed by atoms with van der Waals surface area (Å²) in [5.74, 6) is -0.629. The van der Waals surface area contributed by atoms with Crippen LogP contribution in [0.5, 0.6) is 0 Å². The second-order valence-electron chi connectivity index (χ2n) is 6.63. The van der Waals surface area contributed by atoms with E-state index in [1.807, 2.05) is 36.4 Å². The molecule has 6 nitrogen and oxygen atoms in total. The van der Waals surface area contributed by atoms with E-state index >= 15 is 0 Å². The highest BCUT2D eigenvalue weighted by atomic mass is 35.5. The van der Waals surface area contributed by atoms with Gasteiger partial charge in [-0.1, -0.05) is 36.4 Å². The number of alkyl halides is 1. The Morgan fingerprint density at radius 3 is 1.67 bits per heavy atom. The molecule has 0 saturated heterocycles. The van der Waals surface area contributed by atoms with Gasteiger partial charge < -0.3 is 21.1 Å². The zero-order valence-corrected chi connectivity index (χ0v) is 16.9. The Morgan fingerprint density at radius 1 is 0.767 bits per heavy atom. The molecule has 3 aromatic carbocycles. The molecule has 2 amide bonds. The monoisotopic (exact) mass is 423 g/mol. The highest BCUT2D eigenvalue weighted by Gasteiger charge is 2.14. The van der Waals surface area contributed by atoms with Gasteiger partial charge >= 0.3 is 0 Å². The van der Waals surface area contributed by atoms with E-state index in [0.29, 0.717) is 28.2 Å². The van der Waals surface area contributed by atoms with Crippen LogP contribution in [-0.4, -0.2) is 35.4 Å². The summed E-state index contributed by atoms with van der Waals surface area (Å²) in [6.45, 7) is 0.188. The molecule has 154 valence electrons. The molecule has 0 heterocycles. The average molecular weight is 424 g/mol. The molecule has 0 aliphatic heterocycles. The molecule has 7 heteroatoms. The van der Waals surface area contributed by atoms with Crippen molar-refractivity contribution in [2.45, 2.75) is 6.10 Å². The van der Waals surface area contributed by atoms with Crippen LogP contribution in [-0.2, 0) is 0 Å². The Morgan fingerprint density at radius 2 is 1.23 bits per heavy atom. The Labute approximate surface area is 179 Å². The van der Waals surface area contributed by atoms with Crippen LogP contribution in [0.4, 0.5) is 17.1 Å². The van der Waals surface area contributed by atoms with Crippen LogP contribution in [0.3, 0.4) is 0 Å². The lowest BCUT2D eigenvalue weighted by Crippen LogP contribution is -2.22. The molecule has 3 aromatic rings. The summed E-state index contributed by atoms with van der Waals surface area (Å²) in [6, 6.07) is 22.9. The van der Waals surface area contributed by atoms with Crippen LogP contribution < -0.4 is 16.0 Å². The third-order valence-corrected chi connectivity index (χ3v) is 4.60. The first-order valence-electron chi connectivity index (χ1n) is 9.41. The van der Waals surface area contributed by atoms with Gasteiger partial charge in [-0.25, -0.2) is 0 Å². The van der Waals surface area contributed by atoms with Crippen LogP contribution in [0.2, 0.25) is 0 Å². The van der Waals surface area contributed by atoms with E-state index < -0.39 is 6.10 Å². The second-order valence-corrected chi connectivity index (χ2v) is 6.94. The maximum Gasteiger partial charge on any atom is 0.255 e. The fourth-order valence-corrected chi connectivity index (χ4v) is 2.84. The molecule has 0 aliphatic carbocycles. The van der Waals surface area contributed by atoms with Crippen molar-refractivity contribution < 1.29 is 14.7 Å². The summed E-state index contributed by atoms with van der Waals surface area (Å²) in [5.41, 5.74) is 2.44. The van der Waals surface area contributed by atoms with Gasteiger partial charge in [0.1, 0.15) is 0 Å². The molecule has 1 unspecified atom stereocenters. The number of hydrogen-bond donors (Lipinski definition) is 4. The quantitative estimate of drug-likeness (QED) is 0.409. The van der Waals surface area contributed by atoms with Crippen molar-refractivity contribution in [1.29, 1.82) is 0 Å². The highest BCUT2D eigenvalue weighted by molar-refractivity contribution is 6.18. The number of halogens is 1. The van der Waals surface area contributed by atoms with Gasteiger partial charge in [0.2, 0.25) is 0 Å². The molecule has 0 saturated carbocycles. The van der Waals surface area contributed by atoms with E-state index in [1.165, 1.54) is 6.07 Å². The molecular weight excluding hydrogens is 402 g/mol. The summed E-state index contributed by atoms with van der Waals surface area (Å²) >= 11 is 5.64. The van der Waals surface area contributed by atoms with E-state index in [-0.39, 0.29) is 24.2 Å². The number of carbonyl (C=O) groups excluding carboxylic acids is 2. The summed E-state index contributed by atoms with van der Waals surface area (Å²) < 4.78 is 0. The predicted octanol–water partition coefficient (Wildman–Crippen LogP) is 4.20. The van der Waals surface area contributed by atoms with Crippen molar-refractivity contribution in [1.82, 2.24) is 0 Å². The molecule has 0 bridgehead atoms. The van der Waals surface area contributed by atoms with Gasteiger partial charge in [0.25, 0.3) is 11.8 Å². The maximum absolute atomic E-state index is 12.8. The lowest BCUT2D eigenvalue weighted by molar-refractivity contribution is 0.102. The number of para-hydroxylation sites is 2. The van der Waals surface area contributed by atoms with E-state index in [2.05, 4.69) is 16.0 Å². The zero-order chi connectivity index (χ0) is 21.3. The van der Waals surface area contributed by atoms with Crippen molar-refractivity contribution in [2.24, 2.45) is 0 Å². The number of carbonyl (C=O) groups is 2. The minimum absolute atomic E-state index is 0.0720. The van der Waals surface area contributed by atoms with Crippen molar-refractivity contribution in [3.63, 3.8) is 0 Å². The van der Waals surface area contributed by atoms with Crippen LogP contribution in [0.25, 0.3) is 0 Å². The largest absolute Gasteiger partial charge is 0.390 e. The van der Waals surface area contributed by atoms with Gasteiger partial charge in [0.15, 0.2) is 0 Å². The third kappa shape index (κ3) is 6.07. The third-order valence-electron chi connectivity index (χ3n) is 4.24. The SMILES string of the molecule is O=C(Nc1ccccc1)c1cc(NCC(O)CCl)cc(C(=O)Nc2ccccc2)c1. The first kappa shape index (κ1) is 21.4. The van der Waals surface area contributed by atoms with Gasteiger partial charge in [-0.15, -0.1) is 11.6 Å². The standard InChI is InChI=1S/C23H22ClN3O3/c24-14-21(28)15-25-20-12-16(22(29)26-18-7-3-1-4-8-18)11-17(13-20)23(30)27-19-9-5-2-6-10-19/h1-13,21,25,28H,14-15H2,(H,26,29)(H,27,30). The van der Waals surface area contributed by atoms with Gasteiger partial charge in [0, 0.05) is 34.7 Å². The molecular formula is C23H22ClN3O3. The normalized spacial score (nSPS) is 11.4. The van der Waals surface area contributed by atoms with Crippen molar-refractivity contribution in [3.8, 4) is 0 Å². The predicted molar refractivity (Wildman–Crippen MR) is 120 cm³/mol. The number of rotatable bonds is 8. The lowest BCUT2D eigenvalue weighted by atomic mass is 10.1.